The van der Waals surface area contributed by atoms with Crippen LogP contribution in [0.4, 0.5) is 5.69 Å². The van der Waals surface area contributed by atoms with Gasteiger partial charge in [0.05, 0.1) is 4.90 Å². The Bertz CT molecular complexity index is 1110. The average Bonchev–Trinajstić information content (AvgIpc) is 2.85. The third-order valence-corrected chi connectivity index (χ3v) is 7.13. The second-order valence-corrected chi connectivity index (χ2v) is 9.54. The molecule has 1 amide bonds. The van der Waals surface area contributed by atoms with E-state index < -0.39 is 16.1 Å². The molecule has 0 radical (unpaired) electrons. The number of nitrogens with zero attached hydrogens (tertiary/aromatic N) is 2. The lowest BCUT2D eigenvalue weighted by Crippen LogP contribution is -2.55. The lowest BCUT2D eigenvalue weighted by molar-refractivity contribution is -0.133. The number of rotatable bonds is 7. The van der Waals surface area contributed by atoms with E-state index in [2.05, 4.69) is 21.8 Å². The molecule has 0 bridgehead atoms. The molecule has 3 aromatic carbocycles. The first-order valence-electron chi connectivity index (χ1n) is 10.7. The van der Waals surface area contributed by atoms with E-state index in [1.807, 2.05) is 48.5 Å². The van der Waals surface area contributed by atoms with E-state index in [9.17, 15) is 13.2 Å². The van der Waals surface area contributed by atoms with E-state index in [0.717, 1.165) is 11.3 Å². The summed E-state index contributed by atoms with van der Waals surface area (Å²) in [6.45, 7) is 2.51. The third-order valence-electron chi connectivity index (χ3n) is 5.64. The summed E-state index contributed by atoms with van der Waals surface area (Å²) in [6, 6.07) is 26.9. The first-order valence-corrected chi connectivity index (χ1v) is 12.2. The van der Waals surface area contributed by atoms with Gasteiger partial charge in [0.15, 0.2) is 0 Å². The van der Waals surface area contributed by atoms with Gasteiger partial charge in [-0.15, -0.1) is 0 Å². The fourth-order valence-electron chi connectivity index (χ4n) is 3.93. The van der Waals surface area contributed by atoms with Crippen molar-refractivity contribution < 1.29 is 13.2 Å². The van der Waals surface area contributed by atoms with Crippen molar-refractivity contribution in [2.75, 3.05) is 31.1 Å². The minimum Gasteiger partial charge on any atom is -0.368 e. The number of carbonyl (C=O) groups excluding carboxylic acids is 1. The Morgan fingerprint density at radius 3 is 1.91 bits per heavy atom. The van der Waals surface area contributed by atoms with Crippen LogP contribution in [0.25, 0.3) is 0 Å². The number of piperazine rings is 1. The molecule has 0 unspecified atom stereocenters. The van der Waals surface area contributed by atoms with Crippen LogP contribution in [0, 0.1) is 0 Å². The standard InChI is InChI=1S/C25H27N3O3S/c29-25(28-18-16-27(17-19-28)22-12-6-2-7-13-22)24(20-21-10-4-1-5-11-21)26-32(30,31)23-14-8-3-9-15-23/h1-15,24,26H,16-20H2/t24-/m0/s1. The third kappa shape index (κ3) is 5.36. The number of amides is 1. The van der Waals surface area contributed by atoms with Gasteiger partial charge in [-0.3, -0.25) is 4.79 Å². The van der Waals surface area contributed by atoms with Crippen molar-refractivity contribution in [3.05, 3.63) is 96.6 Å². The van der Waals surface area contributed by atoms with E-state index in [4.69, 9.17) is 0 Å². The van der Waals surface area contributed by atoms with Crippen molar-refractivity contribution in [3.8, 4) is 0 Å². The molecule has 3 aromatic rings. The predicted molar refractivity (Wildman–Crippen MR) is 126 cm³/mol. The molecule has 1 N–H and O–H groups in total. The highest BCUT2D eigenvalue weighted by Gasteiger charge is 2.31. The van der Waals surface area contributed by atoms with Crippen LogP contribution in [0.3, 0.4) is 0 Å². The molecule has 7 heteroatoms. The van der Waals surface area contributed by atoms with Crippen LogP contribution in [0.15, 0.2) is 95.9 Å². The molecule has 0 aliphatic carbocycles. The number of nitrogens with one attached hydrogen (secondary N) is 1. The van der Waals surface area contributed by atoms with E-state index in [0.29, 0.717) is 32.6 Å². The van der Waals surface area contributed by atoms with Crippen LogP contribution < -0.4 is 9.62 Å². The summed E-state index contributed by atoms with van der Waals surface area (Å²) in [5.74, 6) is -0.193. The topological polar surface area (TPSA) is 69.7 Å². The van der Waals surface area contributed by atoms with Crippen LogP contribution >= 0.6 is 0 Å². The van der Waals surface area contributed by atoms with Gasteiger partial charge in [-0.25, -0.2) is 8.42 Å². The van der Waals surface area contributed by atoms with Crippen LogP contribution in [0.1, 0.15) is 5.56 Å². The normalized spacial score (nSPS) is 15.4. The molecule has 32 heavy (non-hydrogen) atoms. The molecule has 4 rings (SSSR count). The summed E-state index contributed by atoms with van der Waals surface area (Å²) < 4.78 is 28.6. The molecule has 1 heterocycles. The van der Waals surface area contributed by atoms with Crippen molar-refractivity contribution in [3.63, 3.8) is 0 Å². The highest BCUT2D eigenvalue weighted by Crippen LogP contribution is 2.17. The molecule has 1 fully saturated rings. The monoisotopic (exact) mass is 449 g/mol. The van der Waals surface area contributed by atoms with Crippen molar-refractivity contribution >= 4 is 21.6 Å². The Hall–Kier alpha value is -3.16. The summed E-state index contributed by atoms with van der Waals surface area (Å²) in [6.07, 6.45) is 0.296. The van der Waals surface area contributed by atoms with Gasteiger partial charge >= 0.3 is 0 Å². The Kier molecular flexibility index (Phi) is 6.87. The number of benzene rings is 3. The van der Waals surface area contributed by atoms with Gasteiger partial charge in [-0.1, -0.05) is 66.7 Å². The molecule has 6 nitrogen and oxygen atoms in total. The second kappa shape index (κ2) is 9.97. The molecule has 1 aliphatic rings. The maximum Gasteiger partial charge on any atom is 0.241 e. The van der Waals surface area contributed by atoms with E-state index in [-0.39, 0.29) is 10.8 Å². The predicted octanol–water partition coefficient (Wildman–Crippen LogP) is 2.93. The molecule has 0 aromatic heterocycles. The zero-order chi connectivity index (χ0) is 22.4. The molecular formula is C25H27N3O3S. The van der Waals surface area contributed by atoms with Gasteiger partial charge in [0.2, 0.25) is 15.9 Å². The van der Waals surface area contributed by atoms with Gasteiger partial charge in [0.25, 0.3) is 0 Å². The average molecular weight is 450 g/mol. The van der Waals surface area contributed by atoms with Crippen LogP contribution in [-0.4, -0.2) is 51.4 Å². The number of carbonyl (C=O) groups is 1. The first kappa shape index (κ1) is 22.0. The van der Waals surface area contributed by atoms with E-state index >= 15 is 0 Å². The van der Waals surface area contributed by atoms with Gasteiger partial charge in [-0.2, -0.15) is 4.72 Å². The van der Waals surface area contributed by atoms with Crippen molar-refractivity contribution in [2.45, 2.75) is 17.4 Å². The lowest BCUT2D eigenvalue weighted by Gasteiger charge is -2.37. The minimum atomic E-state index is -3.82. The fraction of sp³-hybridized carbons (Fsp3) is 0.240. The molecule has 0 spiro atoms. The Labute approximate surface area is 189 Å². The van der Waals surface area contributed by atoms with Gasteiger partial charge in [-0.05, 0) is 36.2 Å². The largest absolute Gasteiger partial charge is 0.368 e. The van der Waals surface area contributed by atoms with Crippen LogP contribution in [0.5, 0.6) is 0 Å². The summed E-state index contributed by atoms with van der Waals surface area (Å²) in [4.78, 5) is 17.6. The summed E-state index contributed by atoms with van der Waals surface area (Å²) in [7, 11) is -3.82. The zero-order valence-electron chi connectivity index (χ0n) is 17.8. The van der Waals surface area contributed by atoms with Gasteiger partial charge in [0, 0.05) is 31.9 Å². The van der Waals surface area contributed by atoms with Gasteiger partial charge in [0.1, 0.15) is 6.04 Å². The maximum absolute atomic E-state index is 13.4. The number of sulfonamides is 1. The summed E-state index contributed by atoms with van der Waals surface area (Å²) >= 11 is 0. The fourth-order valence-corrected chi connectivity index (χ4v) is 5.14. The highest BCUT2D eigenvalue weighted by atomic mass is 32.2. The second-order valence-electron chi connectivity index (χ2n) is 7.82. The molecule has 0 saturated carbocycles. The molecular weight excluding hydrogens is 422 g/mol. The maximum atomic E-state index is 13.4. The van der Waals surface area contributed by atoms with Crippen molar-refractivity contribution in [2.24, 2.45) is 0 Å². The van der Waals surface area contributed by atoms with Crippen molar-refractivity contribution in [1.29, 1.82) is 0 Å². The number of hydrogen-bond acceptors (Lipinski definition) is 4. The first-order chi connectivity index (χ1) is 15.5. The zero-order valence-corrected chi connectivity index (χ0v) is 18.6. The van der Waals surface area contributed by atoms with E-state index in [1.54, 1.807) is 23.1 Å². The van der Waals surface area contributed by atoms with Crippen LogP contribution in [-0.2, 0) is 21.2 Å². The number of hydrogen-bond donors (Lipinski definition) is 1. The van der Waals surface area contributed by atoms with Crippen molar-refractivity contribution in [1.82, 2.24) is 9.62 Å². The Morgan fingerprint density at radius 2 is 1.31 bits per heavy atom. The molecule has 1 aliphatic heterocycles. The van der Waals surface area contributed by atoms with E-state index in [1.165, 1.54) is 12.1 Å². The van der Waals surface area contributed by atoms with Gasteiger partial charge < -0.3 is 9.80 Å². The Balaban J connectivity index is 1.50. The highest BCUT2D eigenvalue weighted by molar-refractivity contribution is 7.89. The lowest BCUT2D eigenvalue weighted by atomic mass is 10.1. The molecule has 1 saturated heterocycles. The number of para-hydroxylation sites is 1. The van der Waals surface area contributed by atoms with Crippen LogP contribution in [0.2, 0.25) is 0 Å². The smallest absolute Gasteiger partial charge is 0.241 e. The minimum absolute atomic E-state index is 0.153. The summed E-state index contributed by atoms with van der Waals surface area (Å²) in [5, 5.41) is 0. The Morgan fingerprint density at radius 1 is 0.781 bits per heavy atom. The SMILES string of the molecule is O=C([C@H](Cc1ccccc1)NS(=O)(=O)c1ccccc1)N1CCN(c2ccccc2)CC1. The molecule has 1 atom stereocenters. The quantitative estimate of drug-likeness (QED) is 0.602. The number of anilines is 1. The summed E-state index contributed by atoms with van der Waals surface area (Å²) in [5.41, 5.74) is 2.04. The molecule has 166 valence electrons.